The Morgan fingerprint density at radius 1 is 1.38 bits per heavy atom. The lowest BCUT2D eigenvalue weighted by Gasteiger charge is -2.33. The summed E-state index contributed by atoms with van der Waals surface area (Å²) in [5.74, 6) is 0.470. The molecule has 6 nitrogen and oxygen atoms in total. The quantitative estimate of drug-likeness (QED) is 0.803. The fourth-order valence-electron chi connectivity index (χ4n) is 3.00. The predicted octanol–water partition coefficient (Wildman–Crippen LogP) is 3.45. The summed E-state index contributed by atoms with van der Waals surface area (Å²) < 4.78 is 43.2. The average Bonchev–Trinajstić information content (AvgIpc) is 3.23. The van der Waals surface area contributed by atoms with Crippen LogP contribution in [-0.2, 0) is 6.18 Å². The molecule has 0 atom stereocenters. The van der Waals surface area contributed by atoms with Gasteiger partial charge >= 0.3 is 6.18 Å². The van der Waals surface area contributed by atoms with Gasteiger partial charge < -0.3 is 14.2 Å². The molecule has 1 amide bonds. The molecule has 3 rings (SSSR count). The number of aromatic nitrogens is 2. The van der Waals surface area contributed by atoms with E-state index in [1.54, 1.807) is 18.0 Å². The molecular formula is C16H19F3N4O2S. The summed E-state index contributed by atoms with van der Waals surface area (Å²) in [6.07, 6.45) is -1.42. The maximum atomic E-state index is 12.6. The van der Waals surface area contributed by atoms with Gasteiger partial charge in [-0.25, -0.2) is 0 Å². The molecule has 1 saturated heterocycles. The molecule has 0 N–H and O–H groups in total. The summed E-state index contributed by atoms with van der Waals surface area (Å²) in [4.78, 5) is 15.8. The van der Waals surface area contributed by atoms with Gasteiger partial charge in [0.15, 0.2) is 5.76 Å². The average molecular weight is 388 g/mol. The highest BCUT2D eigenvalue weighted by molar-refractivity contribution is 7.15. The lowest BCUT2D eigenvalue weighted by molar-refractivity contribution is -0.138. The molecule has 1 fully saturated rings. The number of hydrogen-bond donors (Lipinski definition) is 0. The smallest absolute Gasteiger partial charge is 0.445 e. The first-order valence-electron chi connectivity index (χ1n) is 8.21. The van der Waals surface area contributed by atoms with Gasteiger partial charge in [0.25, 0.3) is 5.91 Å². The van der Waals surface area contributed by atoms with E-state index in [0.29, 0.717) is 41.9 Å². The zero-order valence-electron chi connectivity index (χ0n) is 14.4. The first-order valence-corrected chi connectivity index (χ1v) is 9.02. The van der Waals surface area contributed by atoms with Crippen molar-refractivity contribution in [1.29, 1.82) is 0 Å². The monoisotopic (exact) mass is 388 g/mol. The molecule has 2 aromatic heterocycles. The number of carbonyl (C=O) groups excluding carboxylic acids is 1. The van der Waals surface area contributed by atoms with E-state index in [1.807, 2.05) is 11.8 Å². The molecule has 0 unspecified atom stereocenters. The third-order valence-electron chi connectivity index (χ3n) is 4.48. The van der Waals surface area contributed by atoms with Gasteiger partial charge in [-0.1, -0.05) is 11.3 Å². The molecule has 2 aromatic rings. The van der Waals surface area contributed by atoms with Crippen molar-refractivity contribution < 1.29 is 22.4 Å². The third kappa shape index (κ3) is 4.00. The van der Waals surface area contributed by atoms with Gasteiger partial charge in [0, 0.05) is 32.2 Å². The fourth-order valence-corrected chi connectivity index (χ4v) is 3.76. The molecule has 0 aliphatic carbocycles. The summed E-state index contributed by atoms with van der Waals surface area (Å²) >= 11 is 0.568. The van der Waals surface area contributed by atoms with Gasteiger partial charge in [-0.05, 0) is 31.7 Å². The number of hydrogen-bond acceptors (Lipinski definition) is 6. The number of anilines is 1. The maximum Gasteiger partial charge on any atom is 0.445 e. The zero-order chi connectivity index (χ0) is 18.9. The van der Waals surface area contributed by atoms with E-state index in [2.05, 4.69) is 10.2 Å². The van der Waals surface area contributed by atoms with Gasteiger partial charge in [-0.15, -0.1) is 10.2 Å². The third-order valence-corrected chi connectivity index (χ3v) is 5.51. The highest BCUT2D eigenvalue weighted by Gasteiger charge is 2.36. The molecule has 26 heavy (non-hydrogen) atoms. The van der Waals surface area contributed by atoms with Crippen molar-refractivity contribution in [2.45, 2.75) is 25.9 Å². The second kappa shape index (κ2) is 7.26. The van der Waals surface area contributed by atoms with Crippen LogP contribution in [0, 0.1) is 12.8 Å². The van der Waals surface area contributed by atoms with Gasteiger partial charge in [-0.3, -0.25) is 4.79 Å². The number of furan rings is 1. The van der Waals surface area contributed by atoms with Crippen LogP contribution < -0.4 is 4.90 Å². The number of rotatable bonds is 4. The molecule has 3 heterocycles. The molecule has 1 aliphatic heterocycles. The van der Waals surface area contributed by atoms with Crippen LogP contribution >= 0.6 is 11.3 Å². The van der Waals surface area contributed by atoms with Gasteiger partial charge in [-0.2, -0.15) is 13.2 Å². The SMILES string of the molecule is Cc1ccoc1C(=O)N(C)CC1CCN(c2nnc(C(F)(F)F)s2)CC1. The minimum absolute atomic E-state index is 0.158. The van der Waals surface area contributed by atoms with Crippen molar-refractivity contribution >= 4 is 22.4 Å². The molecular weight excluding hydrogens is 369 g/mol. The topological polar surface area (TPSA) is 62.5 Å². The molecule has 0 radical (unpaired) electrons. The Morgan fingerprint density at radius 2 is 2.08 bits per heavy atom. The van der Waals surface area contributed by atoms with Crippen molar-refractivity contribution in [3.05, 3.63) is 28.7 Å². The Kier molecular flexibility index (Phi) is 5.22. The standard InChI is InChI=1S/C16H19F3N4O2S/c1-10-5-8-25-12(10)13(24)22(2)9-11-3-6-23(7-4-11)15-21-20-14(26-15)16(17,18)19/h5,8,11H,3-4,6-7,9H2,1-2H3. The van der Waals surface area contributed by atoms with Crippen LogP contribution in [0.15, 0.2) is 16.7 Å². The molecule has 142 valence electrons. The molecule has 1 aliphatic rings. The second-order valence-corrected chi connectivity index (χ2v) is 7.39. The van der Waals surface area contributed by atoms with Crippen LogP contribution in [-0.4, -0.2) is 47.7 Å². The summed E-state index contributed by atoms with van der Waals surface area (Å²) in [5.41, 5.74) is 0.799. The summed E-state index contributed by atoms with van der Waals surface area (Å²) in [6, 6.07) is 1.75. The van der Waals surface area contributed by atoms with E-state index in [1.165, 1.54) is 6.26 Å². The lowest BCUT2D eigenvalue weighted by Crippen LogP contribution is -2.39. The molecule has 0 aromatic carbocycles. The predicted molar refractivity (Wildman–Crippen MR) is 90.3 cm³/mol. The number of carbonyl (C=O) groups is 1. The summed E-state index contributed by atoms with van der Waals surface area (Å²) in [5, 5.41) is 6.27. The van der Waals surface area contributed by atoms with Crippen LogP contribution in [0.4, 0.5) is 18.3 Å². The van der Waals surface area contributed by atoms with E-state index in [9.17, 15) is 18.0 Å². The second-order valence-electron chi connectivity index (χ2n) is 6.44. The highest BCUT2D eigenvalue weighted by Crippen LogP contribution is 2.35. The Balaban J connectivity index is 1.53. The van der Waals surface area contributed by atoms with Crippen molar-refractivity contribution in [2.24, 2.45) is 5.92 Å². The van der Waals surface area contributed by atoms with Gasteiger partial charge in [0.2, 0.25) is 10.1 Å². The number of amides is 1. The summed E-state index contributed by atoms with van der Waals surface area (Å²) in [6.45, 7) is 3.59. The number of piperidine rings is 1. The molecule has 10 heteroatoms. The van der Waals surface area contributed by atoms with E-state index in [-0.39, 0.29) is 11.8 Å². The normalized spacial score (nSPS) is 16.1. The minimum atomic E-state index is -4.46. The van der Waals surface area contributed by atoms with Crippen molar-refractivity contribution in [1.82, 2.24) is 15.1 Å². The Morgan fingerprint density at radius 3 is 2.62 bits per heavy atom. The van der Waals surface area contributed by atoms with Crippen LogP contribution in [0.25, 0.3) is 0 Å². The van der Waals surface area contributed by atoms with E-state index in [0.717, 1.165) is 18.4 Å². The van der Waals surface area contributed by atoms with Crippen LogP contribution in [0.5, 0.6) is 0 Å². The first-order chi connectivity index (χ1) is 12.3. The summed E-state index contributed by atoms with van der Waals surface area (Å²) in [7, 11) is 1.73. The van der Waals surface area contributed by atoms with E-state index >= 15 is 0 Å². The number of nitrogens with zero attached hydrogens (tertiary/aromatic N) is 4. The Labute approximate surface area is 152 Å². The number of aryl methyl sites for hydroxylation is 1. The van der Waals surface area contributed by atoms with Gasteiger partial charge in [0.05, 0.1) is 6.26 Å². The molecule has 0 bridgehead atoms. The van der Waals surface area contributed by atoms with Crippen molar-refractivity contribution in [3.8, 4) is 0 Å². The first kappa shape index (κ1) is 18.7. The van der Waals surface area contributed by atoms with Crippen LogP contribution in [0.1, 0.15) is 34.0 Å². The minimum Gasteiger partial charge on any atom is -0.459 e. The van der Waals surface area contributed by atoms with Gasteiger partial charge in [0.1, 0.15) is 0 Å². The molecule has 0 saturated carbocycles. The van der Waals surface area contributed by atoms with Crippen LogP contribution in [0.2, 0.25) is 0 Å². The van der Waals surface area contributed by atoms with E-state index < -0.39 is 11.2 Å². The maximum absolute atomic E-state index is 12.6. The number of halogens is 3. The number of alkyl halides is 3. The lowest BCUT2D eigenvalue weighted by atomic mass is 9.96. The largest absolute Gasteiger partial charge is 0.459 e. The Hall–Kier alpha value is -2.10. The van der Waals surface area contributed by atoms with E-state index in [4.69, 9.17) is 4.42 Å². The molecule has 0 spiro atoms. The highest BCUT2D eigenvalue weighted by atomic mass is 32.1. The van der Waals surface area contributed by atoms with Crippen molar-refractivity contribution in [2.75, 3.05) is 31.6 Å². The van der Waals surface area contributed by atoms with Crippen molar-refractivity contribution in [3.63, 3.8) is 0 Å². The zero-order valence-corrected chi connectivity index (χ0v) is 15.2. The fraction of sp³-hybridized carbons (Fsp3) is 0.562. The Bertz CT molecular complexity index is 766. The van der Waals surface area contributed by atoms with Crippen LogP contribution in [0.3, 0.4) is 0 Å².